The molecule has 0 radical (unpaired) electrons. The van der Waals surface area contributed by atoms with Crippen molar-refractivity contribution in [2.75, 3.05) is 11.6 Å². The molecule has 0 saturated carbocycles. The number of nitrogens with one attached hydrogen (secondary N) is 1. The standard InChI is InChI=1S/C15H13BrClNOS/c1-9-7-11(16)13(8-12(9)17)18-15(19)10-5-3-4-6-14(10)20-2/h3-8H,1-2H3,(H,18,19). The molecule has 0 bridgehead atoms. The van der Waals surface area contributed by atoms with Gasteiger partial charge in [0.25, 0.3) is 5.91 Å². The van der Waals surface area contributed by atoms with Crippen molar-refractivity contribution in [3.63, 3.8) is 0 Å². The van der Waals surface area contributed by atoms with E-state index in [1.807, 2.05) is 43.5 Å². The van der Waals surface area contributed by atoms with Crippen molar-refractivity contribution in [3.05, 3.63) is 57.0 Å². The van der Waals surface area contributed by atoms with E-state index in [0.29, 0.717) is 16.3 Å². The highest BCUT2D eigenvalue weighted by Crippen LogP contribution is 2.30. The van der Waals surface area contributed by atoms with E-state index in [9.17, 15) is 4.79 Å². The smallest absolute Gasteiger partial charge is 0.256 e. The number of carbonyl (C=O) groups excluding carboxylic acids is 1. The van der Waals surface area contributed by atoms with Crippen LogP contribution in [0.1, 0.15) is 15.9 Å². The summed E-state index contributed by atoms with van der Waals surface area (Å²) in [4.78, 5) is 13.3. The minimum absolute atomic E-state index is 0.143. The van der Waals surface area contributed by atoms with Gasteiger partial charge in [-0.1, -0.05) is 23.7 Å². The van der Waals surface area contributed by atoms with Crippen LogP contribution in [0.5, 0.6) is 0 Å². The number of hydrogen-bond donors (Lipinski definition) is 1. The molecule has 2 rings (SSSR count). The van der Waals surface area contributed by atoms with Gasteiger partial charge in [-0.2, -0.15) is 0 Å². The molecule has 0 atom stereocenters. The van der Waals surface area contributed by atoms with Crippen LogP contribution in [0.2, 0.25) is 5.02 Å². The minimum Gasteiger partial charge on any atom is -0.321 e. The zero-order valence-corrected chi connectivity index (χ0v) is 14.2. The molecule has 0 aliphatic carbocycles. The highest BCUT2D eigenvalue weighted by Gasteiger charge is 2.13. The van der Waals surface area contributed by atoms with Crippen molar-refractivity contribution in [3.8, 4) is 0 Å². The normalized spacial score (nSPS) is 10.4. The minimum atomic E-state index is -0.143. The monoisotopic (exact) mass is 369 g/mol. The van der Waals surface area contributed by atoms with Crippen LogP contribution in [-0.4, -0.2) is 12.2 Å². The van der Waals surface area contributed by atoms with E-state index in [1.165, 1.54) is 0 Å². The summed E-state index contributed by atoms with van der Waals surface area (Å²) in [6, 6.07) is 11.1. The molecule has 0 spiro atoms. The first-order valence-electron chi connectivity index (χ1n) is 5.93. The second-order valence-electron chi connectivity index (χ2n) is 4.24. The Morgan fingerprint density at radius 2 is 2.00 bits per heavy atom. The summed E-state index contributed by atoms with van der Waals surface area (Å²) < 4.78 is 0.814. The third-order valence-corrected chi connectivity index (χ3v) is 4.71. The maximum Gasteiger partial charge on any atom is 0.256 e. The van der Waals surface area contributed by atoms with Gasteiger partial charge in [0.2, 0.25) is 0 Å². The summed E-state index contributed by atoms with van der Waals surface area (Å²) in [5.41, 5.74) is 2.28. The summed E-state index contributed by atoms with van der Waals surface area (Å²) in [6.07, 6.45) is 1.95. The molecule has 0 aromatic heterocycles. The second kappa shape index (κ2) is 6.66. The van der Waals surface area contributed by atoms with Gasteiger partial charge in [0.05, 0.1) is 11.3 Å². The summed E-state index contributed by atoms with van der Waals surface area (Å²) in [6.45, 7) is 1.92. The highest BCUT2D eigenvalue weighted by molar-refractivity contribution is 9.10. The average molecular weight is 371 g/mol. The fourth-order valence-electron chi connectivity index (χ4n) is 1.76. The summed E-state index contributed by atoms with van der Waals surface area (Å²) in [5, 5.41) is 3.51. The molecule has 0 aliphatic heterocycles. The maximum absolute atomic E-state index is 12.4. The van der Waals surface area contributed by atoms with Crippen LogP contribution in [0.15, 0.2) is 45.8 Å². The Morgan fingerprint density at radius 3 is 2.70 bits per heavy atom. The van der Waals surface area contributed by atoms with Crippen molar-refractivity contribution in [2.45, 2.75) is 11.8 Å². The third kappa shape index (κ3) is 3.37. The van der Waals surface area contributed by atoms with Gasteiger partial charge >= 0.3 is 0 Å². The predicted molar refractivity (Wildman–Crippen MR) is 90.1 cm³/mol. The van der Waals surface area contributed by atoms with E-state index in [-0.39, 0.29) is 5.91 Å². The van der Waals surface area contributed by atoms with Crippen molar-refractivity contribution < 1.29 is 4.79 Å². The predicted octanol–water partition coefficient (Wildman–Crippen LogP) is 5.39. The molecule has 0 fully saturated rings. The SMILES string of the molecule is CSc1ccccc1C(=O)Nc1cc(Cl)c(C)cc1Br. The Kier molecular flexibility index (Phi) is 5.13. The Morgan fingerprint density at radius 1 is 1.30 bits per heavy atom. The first-order valence-corrected chi connectivity index (χ1v) is 8.32. The molecule has 20 heavy (non-hydrogen) atoms. The first kappa shape index (κ1) is 15.4. The Labute approximate surface area is 136 Å². The van der Waals surface area contributed by atoms with Gasteiger partial charge in [0.15, 0.2) is 0 Å². The molecule has 1 amide bonds. The third-order valence-electron chi connectivity index (χ3n) is 2.85. The lowest BCUT2D eigenvalue weighted by Gasteiger charge is -2.11. The van der Waals surface area contributed by atoms with Gasteiger partial charge in [0.1, 0.15) is 0 Å². The average Bonchev–Trinajstić information content (AvgIpc) is 2.44. The zero-order valence-electron chi connectivity index (χ0n) is 11.0. The molecule has 2 aromatic rings. The number of aryl methyl sites for hydroxylation is 1. The number of halogens is 2. The van der Waals surface area contributed by atoms with Gasteiger partial charge in [0, 0.05) is 14.4 Å². The van der Waals surface area contributed by atoms with Gasteiger partial charge in [-0.25, -0.2) is 0 Å². The van der Waals surface area contributed by atoms with Gasteiger partial charge < -0.3 is 5.32 Å². The molecule has 0 unspecified atom stereocenters. The summed E-state index contributed by atoms with van der Waals surface area (Å²) >= 11 is 11.1. The number of rotatable bonds is 3. The number of anilines is 1. The van der Waals surface area contributed by atoms with Crippen LogP contribution in [0.25, 0.3) is 0 Å². The molecule has 1 N–H and O–H groups in total. The van der Waals surface area contributed by atoms with Gasteiger partial charge in [-0.3, -0.25) is 4.79 Å². The molecular formula is C15H13BrClNOS. The van der Waals surface area contributed by atoms with E-state index >= 15 is 0 Å². The molecule has 2 aromatic carbocycles. The van der Waals surface area contributed by atoms with Crippen molar-refractivity contribution in [2.24, 2.45) is 0 Å². The van der Waals surface area contributed by atoms with Crippen molar-refractivity contribution >= 4 is 50.9 Å². The van der Waals surface area contributed by atoms with Crippen LogP contribution < -0.4 is 5.32 Å². The van der Waals surface area contributed by atoms with E-state index in [4.69, 9.17) is 11.6 Å². The summed E-state index contributed by atoms with van der Waals surface area (Å²) in [7, 11) is 0. The molecule has 2 nitrogen and oxygen atoms in total. The Bertz CT molecular complexity index is 660. The lowest BCUT2D eigenvalue weighted by Crippen LogP contribution is -2.13. The van der Waals surface area contributed by atoms with Gasteiger partial charge in [-0.15, -0.1) is 11.8 Å². The van der Waals surface area contributed by atoms with E-state index < -0.39 is 0 Å². The van der Waals surface area contributed by atoms with E-state index in [1.54, 1.807) is 17.8 Å². The Balaban J connectivity index is 2.30. The van der Waals surface area contributed by atoms with Crippen molar-refractivity contribution in [1.82, 2.24) is 0 Å². The van der Waals surface area contributed by atoms with Crippen LogP contribution >= 0.6 is 39.3 Å². The van der Waals surface area contributed by atoms with Gasteiger partial charge in [-0.05, 0) is 58.9 Å². The fourth-order valence-corrected chi connectivity index (χ4v) is 3.08. The zero-order chi connectivity index (χ0) is 14.7. The van der Waals surface area contributed by atoms with Crippen molar-refractivity contribution in [1.29, 1.82) is 0 Å². The number of carbonyl (C=O) groups is 1. The highest BCUT2D eigenvalue weighted by atomic mass is 79.9. The lowest BCUT2D eigenvalue weighted by molar-refractivity contribution is 0.102. The quantitative estimate of drug-likeness (QED) is 0.734. The first-order chi connectivity index (χ1) is 9.52. The maximum atomic E-state index is 12.4. The number of amides is 1. The lowest BCUT2D eigenvalue weighted by atomic mass is 10.2. The second-order valence-corrected chi connectivity index (χ2v) is 6.35. The van der Waals surface area contributed by atoms with E-state index in [2.05, 4.69) is 21.2 Å². The van der Waals surface area contributed by atoms with Crippen LogP contribution in [0, 0.1) is 6.92 Å². The molecule has 104 valence electrons. The van der Waals surface area contributed by atoms with Crippen LogP contribution in [0.3, 0.4) is 0 Å². The fraction of sp³-hybridized carbons (Fsp3) is 0.133. The summed E-state index contributed by atoms with van der Waals surface area (Å²) in [5.74, 6) is -0.143. The molecule has 0 saturated heterocycles. The van der Waals surface area contributed by atoms with Crippen LogP contribution in [0.4, 0.5) is 5.69 Å². The topological polar surface area (TPSA) is 29.1 Å². The largest absolute Gasteiger partial charge is 0.321 e. The molecular weight excluding hydrogens is 358 g/mol. The Hall–Kier alpha value is -0.970. The number of hydrogen-bond acceptors (Lipinski definition) is 2. The van der Waals surface area contributed by atoms with E-state index in [0.717, 1.165) is 14.9 Å². The number of thioether (sulfide) groups is 1. The molecule has 0 heterocycles. The number of benzene rings is 2. The molecule has 5 heteroatoms. The molecule has 0 aliphatic rings. The van der Waals surface area contributed by atoms with Crippen LogP contribution in [-0.2, 0) is 0 Å².